The second-order valence-electron chi connectivity index (χ2n) is 7.17. The van der Waals surface area contributed by atoms with Crippen LogP contribution in [0.2, 0.25) is 0 Å². The summed E-state index contributed by atoms with van der Waals surface area (Å²) < 4.78 is 5.19. The van der Waals surface area contributed by atoms with E-state index in [1.54, 1.807) is 12.1 Å². The quantitative estimate of drug-likeness (QED) is 0.724. The van der Waals surface area contributed by atoms with E-state index in [2.05, 4.69) is 10.3 Å². The van der Waals surface area contributed by atoms with Crippen molar-refractivity contribution in [2.24, 2.45) is 0 Å². The lowest BCUT2D eigenvalue weighted by Crippen LogP contribution is -2.16. The average molecular weight is 352 g/mol. The van der Waals surface area contributed by atoms with Crippen molar-refractivity contribution in [3.8, 4) is 0 Å². The van der Waals surface area contributed by atoms with Crippen molar-refractivity contribution in [1.82, 2.24) is 9.97 Å². The molecule has 1 fully saturated rings. The van der Waals surface area contributed by atoms with Gasteiger partial charge in [0.05, 0.1) is 28.7 Å². The fourth-order valence-electron chi connectivity index (χ4n) is 3.70. The number of imidazole rings is 1. The number of nitrogens with zero attached hydrogens (tertiary/aromatic N) is 2. The minimum Gasteiger partial charge on any atom is -0.459 e. The maximum absolute atomic E-state index is 12.4. The van der Waals surface area contributed by atoms with Gasteiger partial charge in [0.2, 0.25) is 0 Å². The minimum atomic E-state index is -0.263. The number of hydrogen-bond acceptors (Lipinski definition) is 4. The summed E-state index contributed by atoms with van der Waals surface area (Å²) in [6, 6.07) is 7.34. The van der Waals surface area contributed by atoms with Crippen LogP contribution in [0.4, 0.5) is 11.4 Å². The Labute approximate surface area is 152 Å². The van der Waals surface area contributed by atoms with Gasteiger partial charge in [-0.2, -0.15) is 0 Å². The Bertz CT molecular complexity index is 905. The smallest absolute Gasteiger partial charge is 0.291 e. The van der Waals surface area contributed by atoms with Crippen molar-refractivity contribution in [3.63, 3.8) is 0 Å². The first-order valence-corrected chi connectivity index (χ1v) is 9.17. The third-order valence-electron chi connectivity index (χ3n) is 5.08. The van der Waals surface area contributed by atoms with E-state index in [0.717, 1.165) is 28.2 Å². The summed E-state index contributed by atoms with van der Waals surface area (Å²) in [7, 11) is 3.92. The lowest BCUT2D eigenvalue weighted by atomic mass is 9.89. The molecule has 2 aromatic heterocycles. The highest BCUT2D eigenvalue weighted by atomic mass is 16.3. The van der Waals surface area contributed by atoms with Gasteiger partial charge < -0.3 is 19.6 Å². The van der Waals surface area contributed by atoms with Gasteiger partial charge in [-0.25, -0.2) is 4.98 Å². The Kier molecular flexibility index (Phi) is 4.41. The highest BCUT2D eigenvalue weighted by molar-refractivity contribution is 6.05. The topological polar surface area (TPSA) is 74.2 Å². The van der Waals surface area contributed by atoms with Crippen LogP contribution in [-0.4, -0.2) is 30.0 Å². The second-order valence-corrected chi connectivity index (χ2v) is 7.17. The van der Waals surface area contributed by atoms with Crippen molar-refractivity contribution in [1.29, 1.82) is 0 Å². The van der Waals surface area contributed by atoms with E-state index in [0.29, 0.717) is 11.7 Å². The molecule has 0 spiro atoms. The zero-order valence-corrected chi connectivity index (χ0v) is 15.2. The first kappa shape index (κ1) is 16.7. The van der Waals surface area contributed by atoms with Crippen LogP contribution in [0.3, 0.4) is 0 Å². The van der Waals surface area contributed by atoms with E-state index in [4.69, 9.17) is 9.40 Å². The van der Waals surface area contributed by atoms with Crippen molar-refractivity contribution in [2.75, 3.05) is 24.3 Å². The lowest BCUT2D eigenvalue weighted by Gasteiger charge is -2.19. The van der Waals surface area contributed by atoms with E-state index in [1.165, 1.54) is 38.4 Å². The second kappa shape index (κ2) is 6.86. The summed E-state index contributed by atoms with van der Waals surface area (Å²) >= 11 is 0. The van der Waals surface area contributed by atoms with Crippen molar-refractivity contribution in [2.45, 2.75) is 38.0 Å². The standard InChI is InChI=1S/C20H24N4O2/c1-24(2)17-12-15-14(21-19(22-15)13-7-4-3-5-8-13)11-16(17)23-20(25)18-9-6-10-26-18/h6,9-13H,3-5,7-8H2,1-2H3,(H,21,22)(H,23,25). The van der Waals surface area contributed by atoms with Gasteiger partial charge in [-0.3, -0.25) is 4.79 Å². The molecular weight excluding hydrogens is 328 g/mol. The monoisotopic (exact) mass is 352 g/mol. The third kappa shape index (κ3) is 3.19. The molecule has 1 aliphatic rings. The number of carbonyl (C=O) groups excluding carboxylic acids is 1. The van der Waals surface area contributed by atoms with E-state index in [1.807, 2.05) is 31.1 Å². The lowest BCUT2D eigenvalue weighted by molar-refractivity contribution is 0.0996. The molecule has 2 N–H and O–H groups in total. The van der Waals surface area contributed by atoms with Crippen LogP contribution in [0, 0.1) is 0 Å². The molecule has 3 aromatic rings. The van der Waals surface area contributed by atoms with Crippen LogP contribution in [-0.2, 0) is 0 Å². The first-order valence-electron chi connectivity index (χ1n) is 9.17. The molecule has 0 saturated heterocycles. The Morgan fingerprint density at radius 2 is 2.08 bits per heavy atom. The first-order chi connectivity index (χ1) is 12.6. The van der Waals surface area contributed by atoms with E-state index >= 15 is 0 Å². The third-order valence-corrected chi connectivity index (χ3v) is 5.08. The van der Waals surface area contributed by atoms with Crippen LogP contribution >= 0.6 is 0 Å². The molecule has 0 atom stereocenters. The number of rotatable bonds is 4. The van der Waals surface area contributed by atoms with Crippen LogP contribution < -0.4 is 10.2 Å². The Balaban J connectivity index is 1.69. The molecule has 0 unspecified atom stereocenters. The molecule has 0 radical (unpaired) electrons. The normalized spacial score (nSPS) is 15.3. The number of furan rings is 1. The van der Waals surface area contributed by atoms with Gasteiger partial charge in [0.25, 0.3) is 5.91 Å². The molecule has 6 heteroatoms. The fraction of sp³-hybridized carbons (Fsp3) is 0.400. The largest absolute Gasteiger partial charge is 0.459 e. The van der Waals surface area contributed by atoms with Crippen molar-refractivity contribution < 1.29 is 9.21 Å². The van der Waals surface area contributed by atoms with Crippen molar-refractivity contribution >= 4 is 28.3 Å². The number of benzene rings is 1. The Morgan fingerprint density at radius 3 is 2.77 bits per heavy atom. The number of amides is 1. The molecule has 1 aromatic carbocycles. The summed E-state index contributed by atoms with van der Waals surface area (Å²) in [6.45, 7) is 0. The molecule has 136 valence electrons. The summed E-state index contributed by atoms with van der Waals surface area (Å²) in [4.78, 5) is 22.7. The molecule has 0 bridgehead atoms. The molecule has 0 aliphatic heterocycles. The Morgan fingerprint density at radius 1 is 1.27 bits per heavy atom. The zero-order valence-electron chi connectivity index (χ0n) is 15.2. The molecular formula is C20H24N4O2. The number of anilines is 2. The molecule has 1 saturated carbocycles. The summed E-state index contributed by atoms with van der Waals surface area (Å²) in [5.74, 6) is 1.61. The number of nitrogens with one attached hydrogen (secondary N) is 2. The summed E-state index contributed by atoms with van der Waals surface area (Å²) in [5.41, 5.74) is 3.54. The van der Waals surface area contributed by atoms with Gasteiger partial charge in [0.15, 0.2) is 5.76 Å². The summed E-state index contributed by atoms with van der Waals surface area (Å²) in [6.07, 6.45) is 7.76. The van der Waals surface area contributed by atoms with Crippen LogP contribution in [0.25, 0.3) is 11.0 Å². The zero-order chi connectivity index (χ0) is 18.1. The van der Waals surface area contributed by atoms with Gasteiger partial charge in [0, 0.05) is 20.0 Å². The van der Waals surface area contributed by atoms with E-state index in [-0.39, 0.29) is 5.91 Å². The van der Waals surface area contributed by atoms with Gasteiger partial charge >= 0.3 is 0 Å². The molecule has 6 nitrogen and oxygen atoms in total. The van der Waals surface area contributed by atoms with Gasteiger partial charge in [-0.05, 0) is 37.1 Å². The number of carbonyl (C=O) groups is 1. The van der Waals surface area contributed by atoms with E-state index < -0.39 is 0 Å². The highest BCUT2D eigenvalue weighted by Crippen LogP contribution is 2.34. The fourth-order valence-corrected chi connectivity index (χ4v) is 3.70. The molecule has 2 heterocycles. The Hall–Kier alpha value is -2.76. The van der Waals surface area contributed by atoms with Gasteiger partial charge in [0.1, 0.15) is 5.82 Å². The summed E-state index contributed by atoms with van der Waals surface area (Å²) in [5, 5.41) is 2.95. The predicted molar refractivity (Wildman–Crippen MR) is 103 cm³/mol. The number of H-pyrrole nitrogens is 1. The van der Waals surface area contributed by atoms with Crippen LogP contribution in [0.15, 0.2) is 34.9 Å². The SMILES string of the molecule is CN(C)c1cc2[nH]c(C3CCCCC3)nc2cc1NC(=O)c1ccco1. The number of fused-ring (bicyclic) bond motifs is 1. The molecule has 1 amide bonds. The molecule has 1 aliphatic carbocycles. The van der Waals surface area contributed by atoms with Gasteiger partial charge in [-0.15, -0.1) is 0 Å². The molecule has 26 heavy (non-hydrogen) atoms. The maximum atomic E-state index is 12.4. The number of aromatic nitrogens is 2. The maximum Gasteiger partial charge on any atom is 0.291 e. The van der Waals surface area contributed by atoms with Crippen molar-refractivity contribution in [3.05, 3.63) is 42.1 Å². The molecule has 4 rings (SSSR count). The van der Waals surface area contributed by atoms with Crippen LogP contribution in [0.1, 0.15) is 54.4 Å². The average Bonchev–Trinajstić information content (AvgIpc) is 3.31. The number of aromatic amines is 1. The highest BCUT2D eigenvalue weighted by Gasteiger charge is 2.20. The van der Waals surface area contributed by atoms with Gasteiger partial charge in [-0.1, -0.05) is 19.3 Å². The van der Waals surface area contributed by atoms with E-state index in [9.17, 15) is 4.79 Å². The minimum absolute atomic E-state index is 0.263. The number of hydrogen-bond donors (Lipinski definition) is 2. The predicted octanol–water partition coefficient (Wildman–Crippen LogP) is 4.52. The van der Waals surface area contributed by atoms with Crippen LogP contribution in [0.5, 0.6) is 0 Å².